The lowest BCUT2D eigenvalue weighted by molar-refractivity contribution is -0.121. The van der Waals surface area contributed by atoms with Crippen molar-refractivity contribution in [2.45, 2.75) is 24.7 Å². The van der Waals surface area contributed by atoms with Gasteiger partial charge in [-0.2, -0.15) is 5.10 Å². The minimum Gasteiger partial charge on any atom is -0.294 e. The quantitative estimate of drug-likeness (QED) is 0.249. The molecule has 0 aliphatic carbocycles. The van der Waals surface area contributed by atoms with Crippen LogP contribution in [-0.4, -0.2) is 23.7 Å². The Kier molecular flexibility index (Phi) is 6.79. The fourth-order valence-electron chi connectivity index (χ4n) is 2.60. The number of thiophene rings is 1. The third-order valence-electron chi connectivity index (χ3n) is 3.97. The zero-order valence-electron chi connectivity index (χ0n) is 15.0. The van der Waals surface area contributed by atoms with E-state index in [1.165, 1.54) is 4.70 Å². The Morgan fingerprint density at radius 3 is 2.67 bits per heavy atom. The van der Waals surface area contributed by atoms with Crippen LogP contribution in [0.15, 0.2) is 63.9 Å². The zero-order valence-corrected chi connectivity index (χ0v) is 16.6. The monoisotopic (exact) mass is 396 g/mol. The Labute approximate surface area is 166 Å². The van der Waals surface area contributed by atoms with Crippen molar-refractivity contribution in [3.8, 4) is 0 Å². The number of amides is 1. The van der Waals surface area contributed by atoms with Gasteiger partial charge in [-0.05, 0) is 24.0 Å². The Hall–Kier alpha value is -2.44. The normalized spacial score (nSPS) is 11.1. The highest BCUT2D eigenvalue weighted by atomic mass is 32.2. The van der Waals surface area contributed by atoms with E-state index in [1.807, 2.05) is 47.8 Å². The highest BCUT2D eigenvalue weighted by Crippen LogP contribution is 2.24. The molecular weight excluding hydrogens is 376 g/mol. The second kappa shape index (κ2) is 9.48. The number of carbonyl (C=O) groups is 2. The third kappa shape index (κ3) is 5.28. The molecule has 6 heteroatoms. The standard InChI is InChI=1S/C21H20N2O2S2/c1-2-26-17-9-7-15(8-10-17)19(24)11-12-21(25)23-22-13-16-14-27-20-6-4-3-5-18(16)20/h3-10,13-14H,2,11-12H2,1H3,(H,23,25)/b22-13+. The molecule has 0 spiro atoms. The second-order valence-electron chi connectivity index (χ2n) is 5.86. The smallest absolute Gasteiger partial charge is 0.240 e. The van der Waals surface area contributed by atoms with Crippen LogP contribution in [0, 0.1) is 0 Å². The molecule has 3 rings (SSSR count). The number of hydrogen-bond donors (Lipinski definition) is 1. The van der Waals surface area contributed by atoms with Gasteiger partial charge in [-0.25, -0.2) is 5.43 Å². The van der Waals surface area contributed by atoms with Crippen LogP contribution in [0.25, 0.3) is 10.1 Å². The Balaban J connectivity index is 1.48. The summed E-state index contributed by atoms with van der Waals surface area (Å²) in [5, 5.41) is 7.13. The summed E-state index contributed by atoms with van der Waals surface area (Å²) in [6.07, 6.45) is 1.93. The molecule has 0 aliphatic rings. The van der Waals surface area contributed by atoms with Crippen molar-refractivity contribution in [3.63, 3.8) is 0 Å². The topological polar surface area (TPSA) is 58.5 Å². The predicted octanol–water partition coefficient (Wildman–Crippen LogP) is 5.13. The highest BCUT2D eigenvalue weighted by molar-refractivity contribution is 7.99. The van der Waals surface area contributed by atoms with E-state index in [-0.39, 0.29) is 24.5 Å². The van der Waals surface area contributed by atoms with Gasteiger partial charge in [0.25, 0.3) is 0 Å². The summed E-state index contributed by atoms with van der Waals surface area (Å²) in [6.45, 7) is 2.09. The molecule has 0 saturated heterocycles. The molecule has 1 heterocycles. The van der Waals surface area contributed by atoms with Crippen LogP contribution in [-0.2, 0) is 4.79 Å². The lowest BCUT2D eigenvalue weighted by Gasteiger charge is -2.03. The van der Waals surface area contributed by atoms with Gasteiger partial charge in [-0.1, -0.05) is 37.3 Å². The molecule has 0 aliphatic heterocycles. The summed E-state index contributed by atoms with van der Waals surface area (Å²) in [5.41, 5.74) is 4.10. The van der Waals surface area contributed by atoms with E-state index in [9.17, 15) is 9.59 Å². The number of carbonyl (C=O) groups excluding carboxylic acids is 2. The lowest BCUT2D eigenvalue weighted by atomic mass is 10.1. The van der Waals surface area contributed by atoms with Crippen LogP contribution < -0.4 is 5.43 Å². The third-order valence-corrected chi connectivity index (χ3v) is 5.85. The molecule has 0 radical (unpaired) electrons. The first-order chi connectivity index (χ1) is 13.2. The first kappa shape index (κ1) is 19.3. The maximum absolute atomic E-state index is 12.2. The first-order valence-corrected chi connectivity index (χ1v) is 10.6. The predicted molar refractivity (Wildman–Crippen MR) is 114 cm³/mol. The average molecular weight is 397 g/mol. The van der Waals surface area contributed by atoms with Gasteiger partial charge in [-0.3, -0.25) is 9.59 Å². The van der Waals surface area contributed by atoms with E-state index < -0.39 is 0 Å². The van der Waals surface area contributed by atoms with Crippen molar-refractivity contribution in [2.24, 2.45) is 5.10 Å². The van der Waals surface area contributed by atoms with E-state index >= 15 is 0 Å². The number of thioether (sulfide) groups is 1. The Morgan fingerprint density at radius 2 is 1.89 bits per heavy atom. The summed E-state index contributed by atoms with van der Waals surface area (Å²) in [4.78, 5) is 25.3. The summed E-state index contributed by atoms with van der Waals surface area (Å²) >= 11 is 3.37. The van der Waals surface area contributed by atoms with Crippen molar-refractivity contribution in [1.82, 2.24) is 5.43 Å². The van der Waals surface area contributed by atoms with Crippen LogP contribution in [0.2, 0.25) is 0 Å². The first-order valence-electron chi connectivity index (χ1n) is 8.71. The molecule has 0 bridgehead atoms. The molecule has 138 valence electrons. The van der Waals surface area contributed by atoms with Crippen molar-refractivity contribution in [3.05, 3.63) is 65.0 Å². The van der Waals surface area contributed by atoms with Gasteiger partial charge in [0.15, 0.2) is 5.78 Å². The van der Waals surface area contributed by atoms with Crippen molar-refractivity contribution in [2.75, 3.05) is 5.75 Å². The van der Waals surface area contributed by atoms with Gasteiger partial charge in [-0.15, -0.1) is 23.1 Å². The van der Waals surface area contributed by atoms with Gasteiger partial charge in [0, 0.05) is 44.3 Å². The lowest BCUT2D eigenvalue weighted by Crippen LogP contribution is -2.18. The molecule has 0 saturated carbocycles. The maximum atomic E-state index is 12.2. The second-order valence-corrected chi connectivity index (χ2v) is 8.11. The molecule has 27 heavy (non-hydrogen) atoms. The number of ketones is 1. The van der Waals surface area contributed by atoms with Gasteiger partial charge in [0.2, 0.25) is 5.91 Å². The molecule has 2 aromatic carbocycles. The molecule has 3 aromatic rings. The number of hydrazone groups is 1. The summed E-state index contributed by atoms with van der Waals surface area (Å²) in [5.74, 6) is 0.693. The number of benzene rings is 2. The number of Topliss-reactive ketones (excluding diaryl/α,β-unsaturated/α-hetero) is 1. The number of nitrogens with zero attached hydrogens (tertiary/aromatic N) is 1. The summed E-state index contributed by atoms with van der Waals surface area (Å²) < 4.78 is 1.18. The highest BCUT2D eigenvalue weighted by Gasteiger charge is 2.09. The minimum atomic E-state index is -0.266. The number of hydrogen-bond acceptors (Lipinski definition) is 5. The van der Waals surface area contributed by atoms with Crippen molar-refractivity contribution < 1.29 is 9.59 Å². The van der Waals surface area contributed by atoms with Gasteiger partial charge >= 0.3 is 0 Å². The molecule has 0 fully saturated rings. The van der Waals surface area contributed by atoms with Crippen LogP contribution in [0.3, 0.4) is 0 Å². The summed E-state index contributed by atoms with van der Waals surface area (Å²) in [7, 11) is 0. The van der Waals surface area contributed by atoms with Crippen molar-refractivity contribution in [1.29, 1.82) is 0 Å². The number of fused-ring (bicyclic) bond motifs is 1. The van der Waals surface area contributed by atoms with Crippen LogP contribution in [0.4, 0.5) is 0 Å². The zero-order chi connectivity index (χ0) is 19.1. The molecule has 0 atom stereocenters. The van der Waals surface area contributed by atoms with E-state index in [0.717, 1.165) is 21.6 Å². The fraction of sp³-hybridized carbons (Fsp3) is 0.190. The van der Waals surface area contributed by atoms with Crippen LogP contribution >= 0.6 is 23.1 Å². The molecule has 1 N–H and O–H groups in total. The van der Waals surface area contributed by atoms with E-state index in [2.05, 4.69) is 23.5 Å². The van der Waals surface area contributed by atoms with E-state index in [4.69, 9.17) is 0 Å². The van der Waals surface area contributed by atoms with Crippen molar-refractivity contribution >= 4 is 51.1 Å². The Bertz CT molecular complexity index is 962. The maximum Gasteiger partial charge on any atom is 0.240 e. The average Bonchev–Trinajstić information content (AvgIpc) is 3.10. The van der Waals surface area contributed by atoms with Crippen LogP contribution in [0.5, 0.6) is 0 Å². The molecule has 0 unspecified atom stereocenters. The summed E-state index contributed by atoms with van der Waals surface area (Å²) in [6, 6.07) is 15.6. The minimum absolute atomic E-state index is 0.0361. The fourth-order valence-corrected chi connectivity index (χ4v) is 4.18. The van der Waals surface area contributed by atoms with Gasteiger partial charge < -0.3 is 0 Å². The number of nitrogens with one attached hydrogen (secondary N) is 1. The Morgan fingerprint density at radius 1 is 1.11 bits per heavy atom. The van der Waals surface area contributed by atoms with Crippen LogP contribution in [0.1, 0.15) is 35.7 Å². The van der Waals surface area contributed by atoms with Gasteiger partial charge in [0.05, 0.1) is 6.21 Å². The molecule has 4 nitrogen and oxygen atoms in total. The molecule has 1 amide bonds. The number of rotatable bonds is 8. The molecular formula is C21H20N2O2S2. The van der Waals surface area contributed by atoms with Gasteiger partial charge in [0.1, 0.15) is 0 Å². The van der Waals surface area contributed by atoms with E-state index in [1.54, 1.807) is 29.3 Å². The van der Waals surface area contributed by atoms with E-state index in [0.29, 0.717) is 5.56 Å². The largest absolute Gasteiger partial charge is 0.294 e. The molecule has 1 aromatic heterocycles. The SMILES string of the molecule is CCSc1ccc(C(=O)CCC(=O)N/N=C/c2csc3ccccc23)cc1.